The monoisotopic (exact) mass is 283 g/mol. The largest absolute Gasteiger partial charge is 0.341 e. The fourth-order valence-corrected chi connectivity index (χ4v) is 2.79. The van der Waals surface area contributed by atoms with Crippen LogP contribution >= 0.6 is 0 Å². The fraction of sp³-hybridized carbons (Fsp3) is 0.867. The van der Waals surface area contributed by atoms with Gasteiger partial charge in [-0.2, -0.15) is 0 Å². The summed E-state index contributed by atoms with van der Waals surface area (Å²) in [5.41, 5.74) is 5.77. The Morgan fingerprint density at radius 2 is 1.70 bits per heavy atom. The lowest BCUT2D eigenvalue weighted by Crippen LogP contribution is -2.37. The minimum atomic E-state index is 0.0962. The lowest BCUT2D eigenvalue weighted by Gasteiger charge is -2.24. The molecule has 1 aliphatic rings. The van der Waals surface area contributed by atoms with Gasteiger partial charge < -0.3 is 15.5 Å². The Morgan fingerprint density at radius 1 is 1.10 bits per heavy atom. The Balaban J connectivity index is 2.48. The molecule has 0 bridgehead atoms. The molecule has 5 nitrogen and oxygen atoms in total. The molecule has 1 heterocycles. The van der Waals surface area contributed by atoms with E-state index in [1.54, 1.807) is 6.92 Å². The Hall–Kier alpha value is -1.10. The third kappa shape index (κ3) is 5.49. The van der Waals surface area contributed by atoms with E-state index in [0.717, 1.165) is 25.9 Å². The van der Waals surface area contributed by atoms with Crippen LogP contribution in [0.1, 0.15) is 40.0 Å². The molecule has 0 aromatic heterocycles. The van der Waals surface area contributed by atoms with Crippen molar-refractivity contribution in [3.05, 3.63) is 0 Å². The van der Waals surface area contributed by atoms with E-state index in [4.69, 9.17) is 5.73 Å². The van der Waals surface area contributed by atoms with Gasteiger partial charge in [0.2, 0.25) is 11.8 Å². The number of hydrogen-bond donors (Lipinski definition) is 1. The molecule has 0 aromatic rings. The second kappa shape index (κ2) is 8.25. The minimum Gasteiger partial charge on any atom is -0.341 e. The SMILES string of the molecule is CC(=O)N1CCCN(C(=O)C[C@@H](CN)CC(C)C)CC1. The van der Waals surface area contributed by atoms with Gasteiger partial charge in [0.05, 0.1) is 0 Å². The molecule has 0 unspecified atom stereocenters. The quantitative estimate of drug-likeness (QED) is 0.821. The molecule has 0 radical (unpaired) electrons. The van der Waals surface area contributed by atoms with Crippen LogP contribution in [0.25, 0.3) is 0 Å². The summed E-state index contributed by atoms with van der Waals surface area (Å²) in [5, 5.41) is 0. The first-order chi connectivity index (χ1) is 9.43. The van der Waals surface area contributed by atoms with E-state index in [2.05, 4.69) is 13.8 Å². The summed E-state index contributed by atoms with van der Waals surface area (Å²) in [6.07, 6.45) is 2.40. The van der Waals surface area contributed by atoms with Crippen LogP contribution < -0.4 is 5.73 Å². The van der Waals surface area contributed by atoms with Gasteiger partial charge in [-0.15, -0.1) is 0 Å². The third-order valence-corrected chi connectivity index (χ3v) is 3.90. The molecule has 2 N–H and O–H groups in total. The maximum Gasteiger partial charge on any atom is 0.222 e. The molecule has 0 saturated carbocycles. The van der Waals surface area contributed by atoms with Crippen LogP contribution in [0.2, 0.25) is 0 Å². The Bertz CT molecular complexity index is 331. The topological polar surface area (TPSA) is 66.6 Å². The minimum absolute atomic E-state index is 0.0962. The van der Waals surface area contributed by atoms with Crippen LogP contribution in [-0.2, 0) is 9.59 Å². The standard InChI is InChI=1S/C15H29N3O2/c1-12(2)9-14(11-16)10-15(20)18-6-4-5-17(7-8-18)13(3)19/h12,14H,4-11,16H2,1-3H3/t14-/m0/s1. The van der Waals surface area contributed by atoms with Crippen molar-refractivity contribution in [3.63, 3.8) is 0 Å². The highest BCUT2D eigenvalue weighted by atomic mass is 16.2. The average molecular weight is 283 g/mol. The zero-order valence-electron chi connectivity index (χ0n) is 13.1. The van der Waals surface area contributed by atoms with Crippen LogP contribution in [0.3, 0.4) is 0 Å². The molecule has 20 heavy (non-hydrogen) atoms. The molecule has 116 valence electrons. The Morgan fingerprint density at radius 3 is 2.25 bits per heavy atom. The smallest absolute Gasteiger partial charge is 0.222 e. The Labute approximate surface area is 122 Å². The normalized spacial score (nSPS) is 18.1. The molecular weight excluding hydrogens is 254 g/mol. The van der Waals surface area contributed by atoms with Gasteiger partial charge in [-0.3, -0.25) is 9.59 Å². The summed E-state index contributed by atoms with van der Waals surface area (Å²) in [6, 6.07) is 0. The second-order valence-electron chi connectivity index (χ2n) is 6.18. The van der Waals surface area contributed by atoms with E-state index in [1.807, 2.05) is 9.80 Å². The molecule has 5 heteroatoms. The molecule has 1 saturated heterocycles. The lowest BCUT2D eigenvalue weighted by atomic mass is 9.94. The zero-order valence-corrected chi connectivity index (χ0v) is 13.1. The van der Waals surface area contributed by atoms with E-state index in [1.165, 1.54) is 0 Å². The molecule has 0 aliphatic carbocycles. The van der Waals surface area contributed by atoms with E-state index in [9.17, 15) is 9.59 Å². The maximum absolute atomic E-state index is 12.3. The van der Waals surface area contributed by atoms with Crippen molar-refractivity contribution >= 4 is 11.8 Å². The van der Waals surface area contributed by atoms with Crippen LogP contribution in [0.5, 0.6) is 0 Å². The summed E-state index contributed by atoms with van der Waals surface area (Å²) in [6.45, 7) is 9.28. The number of nitrogens with zero attached hydrogens (tertiary/aromatic N) is 2. The van der Waals surface area contributed by atoms with Gasteiger partial charge >= 0.3 is 0 Å². The molecular formula is C15H29N3O2. The van der Waals surface area contributed by atoms with Crippen molar-refractivity contribution in [2.45, 2.75) is 40.0 Å². The fourth-order valence-electron chi connectivity index (χ4n) is 2.79. The van der Waals surface area contributed by atoms with Gasteiger partial charge in [0.25, 0.3) is 0 Å². The van der Waals surface area contributed by atoms with Gasteiger partial charge in [-0.1, -0.05) is 13.8 Å². The highest BCUT2D eigenvalue weighted by molar-refractivity contribution is 5.77. The average Bonchev–Trinajstić information content (AvgIpc) is 2.62. The maximum atomic E-state index is 12.3. The number of nitrogens with two attached hydrogens (primary N) is 1. The van der Waals surface area contributed by atoms with Crippen molar-refractivity contribution in [2.75, 3.05) is 32.7 Å². The number of amides is 2. The molecule has 1 atom stereocenters. The molecule has 1 fully saturated rings. The highest BCUT2D eigenvalue weighted by Crippen LogP contribution is 2.16. The first kappa shape index (κ1) is 17.0. The summed E-state index contributed by atoms with van der Waals surface area (Å²) < 4.78 is 0. The van der Waals surface area contributed by atoms with Crippen molar-refractivity contribution in [2.24, 2.45) is 17.6 Å². The lowest BCUT2D eigenvalue weighted by molar-refractivity contribution is -0.133. The number of carbonyl (C=O) groups excluding carboxylic acids is 2. The number of carbonyl (C=O) groups is 2. The van der Waals surface area contributed by atoms with Gasteiger partial charge in [-0.25, -0.2) is 0 Å². The predicted molar refractivity (Wildman–Crippen MR) is 80.1 cm³/mol. The van der Waals surface area contributed by atoms with E-state index < -0.39 is 0 Å². The zero-order chi connectivity index (χ0) is 15.1. The van der Waals surface area contributed by atoms with Crippen molar-refractivity contribution in [3.8, 4) is 0 Å². The highest BCUT2D eigenvalue weighted by Gasteiger charge is 2.22. The van der Waals surface area contributed by atoms with Crippen LogP contribution in [-0.4, -0.2) is 54.3 Å². The molecule has 1 aliphatic heterocycles. The number of hydrogen-bond acceptors (Lipinski definition) is 3. The summed E-state index contributed by atoms with van der Waals surface area (Å²) in [7, 11) is 0. The van der Waals surface area contributed by atoms with E-state index in [0.29, 0.717) is 32.0 Å². The van der Waals surface area contributed by atoms with E-state index in [-0.39, 0.29) is 17.7 Å². The van der Waals surface area contributed by atoms with Crippen molar-refractivity contribution in [1.82, 2.24) is 9.80 Å². The summed E-state index contributed by atoms with van der Waals surface area (Å²) in [4.78, 5) is 27.4. The van der Waals surface area contributed by atoms with Gasteiger partial charge in [0.1, 0.15) is 0 Å². The van der Waals surface area contributed by atoms with Crippen LogP contribution in [0, 0.1) is 11.8 Å². The molecule has 0 aromatic carbocycles. The van der Waals surface area contributed by atoms with Crippen molar-refractivity contribution in [1.29, 1.82) is 0 Å². The summed E-state index contributed by atoms with van der Waals surface area (Å²) in [5.74, 6) is 1.12. The van der Waals surface area contributed by atoms with Crippen LogP contribution in [0.15, 0.2) is 0 Å². The van der Waals surface area contributed by atoms with Crippen LogP contribution in [0.4, 0.5) is 0 Å². The number of rotatable bonds is 5. The first-order valence-corrected chi connectivity index (χ1v) is 7.67. The van der Waals surface area contributed by atoms with Gasteiger partial charge in [0.15, 0.2) is 0 Å². The van der Waals surface area contributed by atoms with E-state index >= 15 is 0 Å². The Kier molecular flexibility index (Phi) is 6.99. The van der Waals surface area contributed by atoms with Gasteiger partial charge in [0, 0.05) is 39.5 Å². The molecule has 2 amide bonds. The second-order valence-corrected chi connectivity index (χ2v) is 6.18. The predicted octanol–water partition coefficient (Wildman–Crippen LogP) is 1.08. The van der Waals surface area contributed by atoms with Gasteiger partial charge in [-0.05, 0) is 31.2 Å². The third-order valence-electron chi connectivity index (χ3n) is 3.90. The molecule has 0 spiro atoms. The first-order valence-electron chi connectivity index (χ1n) is 7.67. The van der Waals surface area contributed by atoms with Crippen molar-refractivity contribution < 1.29 is 9.59 Å². The molecule has 1 rings (SSSR count). The summed E-state index contributed by atoms with van der Waals surface area (Å²) >= 11 is 0.